The Bertz CT molecular complexity index is 710. The van der Waals surface area contributed by atoms with Crippen molar-refractivity contribution in [3.63, 3.8) is 0 Å². The Morgan fingerprint density at radius 3 is 3.00 bits per heavy atom. The molecule has 0 atom stereocenters. The average Bonchev–Trinajstić information content (AvgIpc) is 2.72. The van der Waals surface area contributed by atoms with Crippen LogP contribution in [0.4, 0.5) is 11.5 Å². The minimum atomic E-state index is 0.465. The quantitative estimate of drug-likeness (QED) is 0.766. The summed E-state index contributed by atoms with van der Waals surface area (Å²) < 4.78 is 5.08. The second-order valence-corrected chi connectivity index (χ2v) is 4.24. The summed E-state index contributed by atoms with van der Waals surface area (Å²) in [5.41, 5.74) is 2.06. The van der Waals surface area contributed by atoms with E-state index in [0.29, 0.717) is 16.6 Å². The molecule has 0 aliphatic rings. The molecule has 5 nitrogen and oxygen atoms in total. The van der Waals surface area contributed by atoms with E-state index in [1.807, 2.05) is 31.2 Å². The zero-order chi connectivity index (χ0) is 12.5. The van der Waals surface area contributed by atoms with Gasteiger partial charge in [-0.25, -0.2) is 4.98 Å². The van der Waals surface area contributed by atoms with Crippen LogP contribution in [0.3, 0.4) is 0 Å². The first-order valence-corrected chi connectivity index (χ1v) is 5.71. The Hall–Kier alpha value is -2.14. The topological polar surface area (TPSA) is 63.8 Å². The van der Waals surface area contributed by atoms with Gasteiger partial charge in [0.05, 0.1) is 5.69 Å². The molecule has 3 aromatic rings. The molecule has 2 heterocycles. The number of benzene rings is 1. The molecule has 0 amide bonds. The number of nitrogens with zero attached hydrogens (tertiary/aromatic N) is 3. The van der Waals surface area contributed by atoms with E-state index < -0.39 is 0 Å². The highest BCUT2D eigenvalue weighted by Gasteiger charge is 2.11. The normalized spacial score (nSPS) is 10.8. The second kappa shape index (κ2) is 4.27. The van der Waals surface area contributed by atoms with Crippen LogP contribution in [0.1, 0.15) is 5.69 Å². The Morgan fingerprint density at radius 2 is 2.17 bits per heavy atom. The first-order chi connectivity index (χ1) is 8.74. The summed E-state index contributed by atoms with van der Waals surface area (Å²) in [5, 5.41) is 8.49. The molecule has 0 radical (unpaired) electrons. The van der Waals surface area contributed by atoms with Gasteiger partial charge in [-0.15, -0.1) is 0 Å². The number of rotatable bonds is 2. The molecule has 2 aromatic heterocycles. The molecule has 3 rings (SSSR count). The number of nitrogens with one attached hydrogen (secondary N) is 1. The number of aromatic nitrogens is 3. The van der Waals surface area contributed by atoms with Gasteiger partial charge in [0.25, 0.3) is 5.71 Å². The van der Waals surface area contributed by atoms with Gasteiger partial charge in [-0.2, -0.15) is 4.98 Å². The van der Waals surface area contributed by atoms with Gasteiger partial charge in [-0.3, -0.25) is 0 Å². The maximum Gasteiger partial charge on any atom is 0.263 e. The average molecular weight is 261 g/mol. The van der Waals surface area contributed by atoms with E-state index in [2.05, 4.69) is 20.4 Å². The number of halogens is 1. The van der Waals surface area contributed by atoms with Gasteiger partial charge in [0, 0.05) is 10.7 Å². The minimum Gasteiger partial charge on any atom is -0.339 e. The lowest BCUT2D eigenvalue weighted by molar-refractivity contribution is 0.442. The molecule has 6 heteroatoms. The summed E-state index contributed by atoms with van der Waals surface area (Å²) in [6.45, 7) is 1.85. The second-order valence-electron chi connectivity index (χ2n) is 3.81. The summed E-state index contributed by atoms with van der Waals surface area (Å²) in [7, 11) is 0. The molecule has 0 aliphatic carbocycles. The van der Waals surface area contributed by atoms with Crippen LogP contribution < -0.4 is 5.32 Å². The number of fused-ring (bicyclic) bond motifs is 1. The summed E-state index contributed by atoms with van der Waals surface area (Å²) >= 11 is 5.94. The summed E-state index contributed by atoms with van der Waals surface area (Å²) in [6.07, 6.45) is 1.43. The minimum absolute atomic E-state index is 0.465. The van der Waals surface area contributed by atoms with Crippen molar-refractivity contribution in [3.8, 4) is 0 Å². The zero-order valence-electron chi connectivity index (χ0n) is 9.51. The van der Waals surface area contributed by atoms with Crippen molar-refractivity contribution >= 4 is 34.2 Å². The fourth-order valence-corrected chi connectivity index (χ4v) is 1.91. The lowest BCUT2D eigenvalue weighted by atomic mass is 10.2. The third-order valence-corrected chi connectivity index (χ3v) is 2.77. The van der Waals surface area contributed by atoms with Crippen LogP contribution in [0, 0.1) is 6.92 Å². The molecule has 0 saturated carbocycles. The number of hydrogen-bond donors (Lipinski definition) is 1. The maximum absolute atomic E-state index is 5.94. The number of aryl methyl sites for hydroxylation is 1. The highest BCUT2D eigenvalue weighted by molar-refractivity contribution is 6.30. The summed E-state index contributed by atoms with van der Waals surface area (Å²) in [6, 6.07) is 7.40. The van der Waals surface area contributed by atoms with Crippen molar-refractivity contribution < 1.29 is 4.52 Å². The van der Waals surface area contributed by atoms with Crippen molar-refractivity contribution in [1.82, 2.24) is 15.1 Å². The Morgan fingerprint density at radius 1 is 1.28 bits per heavy atom. The lowest BCUT2D eigenvalue weighted by Gasteiger charge is -2.06. The molecule has 1 aromatic carbocycles. The van der Waals surface area contributed by atoms with E-state index >= 15 is 0 Å². The lowest BCUT2D eigenvalue weighted by Crippen LogP contribution is -1.95. The van der Waals surface area contributed by atoms with E-state index in [-0.39, 0.29) is 0 Å². The van der Waals surface area contributed by atoms with Gasteiger partial charge in [-0.1, -0.05) is 22.8 Å². The molecule has 0 unspecified atom stereocenters. The third kappa shape index (κ3) is 1.89. The number of hydrogen-bond acceptors (Lipinski definition) is 5. The van der Waals surface area contributed by atoms with E-state index in [4.69, 9.17) is 16.1 Å². The van der Waals surface area contributed by atoms with Gasteiger partial charge in [0.15, 0.2) is 0 Å². The summed E-state index contributed by atoms with van der Waals surface area (Å²) in [5.74, 6) is 0.654. The van der Waals surface area contributed by atoms with Crippen molar-refractivity contribution in [2.75, 3.05) is 5.32 Å². The molecule has 90 valence electrons. The highest BCUT2D eigenvalue weighted by Crippen LogP contribution is 2.26. The van der Waals surface area contributed by atoms with Crippen LogP contribution in [0.25, 0.3) is 11.1 Å². The van der Waals surface area contributed by atoms with Crippen molar-refractivity contribution in [1.29, 1.82) is 0 Å². The first-order valence-electron chi connectivity index (χ1n) is 5.33. The molecule has 18 heavy (non-hydrogen) atoms. The molecule has 0 spiro atoms. The SMILES string of the molecule is Cc1noc2ncnc(Nc3cccc(Cl)c3)c12. The van der Waals surface area contributed by atoms with E-state index in [9.17, 15) is 0 Å². The molecular weight excluding hydrogens is 252 g/mol. The van der Waals surface area contributed by atoms with E-state index in [1.54, 1.807) is 0 Å². The predicted molar refractivity (Wildman–Crippen MR) is 69.1 cm³/mol. The van der Waals surface area contributed by atoms with Crippen LogP contribution in [0.5, 0.6) is 0 Å². The third-order valence-electron chi connectivity index (χ3n) is 2.53. The van der Waals surface area contributed by atoms with Crippen LogP contribution in [-0.4, -0.2) is 15.1 Å². The fourth-order valence-electron chi connectivity index (χ4n) is 1.72. The van der Waals surface area contributed by atoms with Gasteiger partial charge in [-0.05, 0) is 25.1 Å². The Labute approximate surface area is 108 Å². The Balaban J connectivity index is 2.07. The molecule has 0 fully saturated rings. The number of anilines is 2. The van der Waals surface area contributed by atoms with Crippen LogP contribution in [0.2, 0.25) is 5.02 Å². The standard InChI is InChI=1S/C12H9ClN4O/c1-7-10-11(14-6-15-12(10)18-17-7)16-9-4-2-3-8(13)5-9/h2-6H,1H3,(H,14,15,16). The van der Waals surface area contributed by atoms with Crippen molar-refractivity contribution in [2.45, 2.75) is 6.92 Å². The summed E-state index contributed by atoms with van der Waals surface area (Å²) in [4.78, 5) is 8.22. The smallest absolute Gasteiger partial charge is 0.263 e. The Kier molecular flexibility index (Phi) is 2.60. The first kappa shape index (κ1) is 11.0. The molecular formula is C12H9ClN4O. The van der Waals surface area contributed by atoms with Crippen LogP contribution >= 0.6 is 11.6 Å². The van der Waals surface area contributed by atoms with Gasteiger partial charge >= 0.3 is 0 Å². The zero-order valence-corrected chi connectivity index (χ0v) is 10.3. The molecule has 0 bridgehead atoms. The maximum atomic E-state index is 5.94. The fraction of sp³-hybridized carbons (Fsp3) is 0.0833. The van der Waals surface area contributed by atoms with Crippen LogP contribution in [-0.2, 0) is 0 Å². The van der Waals surface area contributed by atoms with Crippen molar-refractivity contribution in [2.24, 2.45) is 0 Å². The predicted octanol–water partition coefficient (Wildman–Crippen LogP) is 3.32. The largest absolute Gasteiger partial charge is 0.339 e. The molecule has 0 aliphatic heterocycles. The monoisotopic (exact) mass is 260 g/mol. The molecule has 0 saturated heterocycles. The van der Waals surface area contributed by atoms with Gasteiger partial charge in [0.2, 0.25) is 0 Å². The van der Waals surface area contributed by atoms with Gasteiger partial charge < -0.3 is 9.84 Å². The van der Waals surface area contributed by atoms with E-state index in [1.165, 1.54) is 6.33 Å². The van der Waals surface area contributed by atoms with Crippen LogP contribution in [0.15, 0.2) is 35.1 Å². The molecule has 1 N–H and O–H groups in total. The highest BCUT2D eigenvalue weighted by atomic mass is 35.5. The van der Waals surface area contributed by atoms with Gasteiger partial charge in [0.1, 0.15) is 17.5 Å². The van der Waals surface area contributed by atoms with Crippen molar-refractivity contribution in [3.05, 3.63) is 41.3 Å². The van der Waals surface area contributed by atoms with E-state index in [0.717, 1.165) is 16.8 Å².